The number of hydrogen-bond acceptors (Lipinski definition) is 7. The number of Topliss-reactive ketones (excluding diaryl/α,β-unsaturated/α-hetero) is 1. The maximum Gasteiger partial charge on any atom is 0.284 e. The van der Waals surface area contributed by atoms with E-state index in [1.165, 1.54) is 25.3 Å². The van der Waals surface area contributed by atoms with Gasteiger partial charge in [0.15, 0.2) is 10.8 Å². The topological polar surface area (TPSA) is 140 Å². The third-order valence-corrected chi connectivity index (χ3v) is 5.82. The molecule has 1 fully saturated rings. The molecule has 1 aliphatic rings. The molecule has 2 amide bonds. The van der Waals surface area contributed by atoms with Crippen molar-refractivity contribution >= 4 is 27.6 Å². The largest absolute Gasteiger partial charge is 0.369 e. The van der Waals surface area contributed by atoms with Crippen LogP contribution in [0.25, 0.3) is 0 Å². The molecule has 1 saturated heterocycles. The number of primary amides is 1. The monoisotopic (exact) mass is 398 g/mol. The highest BCUT2D eigenvalue weighted by Crippen LogP contribution is 2.23. The first kappa shape index (κ1) is 18.1. The van der Waals surface area contributed by atoms with Crippen LogP contribution in [-0.2, 0) is 24.4 Å². The van der Waals surface area contributed by atoms with Crippen molar-refractivity contribution in [3.05, 3.63) is 24.4 Å². The average Bonchev–Trinajstić information content (AvgIpc) is 2.80. The average molecular weight is 398 g/mol. The molecule has 0 radical (unpaired) electrons. The summed E-state index contributed by atoms with van der Waals surface area (Å²) in [5.74, 6) is -3.43. The Balaban J connectivity index is 2.52. The van der Waals surface area contributed by atoms with E-state index in [1.807, 2.05) is 0 Å². The second-order valence-electron chi connectivity index (χ2n) is 6.19. The predicted molar refractivity (Wildman–Crippen MR) is 96.8 cm³/mol. The second kappa shape index (κ2) is 9.05. The van der Waals surface area contributed by atoms with E-state index in [1.54, 1.807) is 0 Å². The molecule has 0 saturated carbocycles. The number of aromatic nitrogens is 1. The van der Waals surface area contributed by atoms with Crippen LogP contribution in [0.15, 0.2) is 29.4 Å². The summed E-state index contributed by atoms with van der Waals surface area (Å²) in [6, 6.07) is 1.54. The van der Waals surface area contributed by atoms with Crippen LogP contribution in [0.4, 0.5) is 0 Å². The lowest BCUT2D eigenvalue weighted by Gasteiger charge is -2.29. The third-order valence-electron chi connectivity index (χ3n) is 4.14. The lowest BCUT2D eigenvalue weighted by atomic mass is 10.0. The Kier molecular flexibility index (Phi) is 6.05. The molecule has 2 unspecified atom stereocenters. The maximum atomic E-state index is 13.2. The second-order valence-corrected chi connectivity index (χ2v) is 7.92. The number of rotatable bonds is 7. The SMILES string of the molecule is [2H]C1NCCC[C@]([2H])(N(C(=O)CCC(C)C(N)=O)S(=O)(=O)c2ccccn2)C1=O. The van der Waals surface area contributed by atoms with Crippen molar-refractivity contribution < 1.29 is 25.5 Å². The molecule has 10 heteroatoms. The zero-order valence-electron chi connectivity index (χ0n) is 16.9. The van der Waals surface area contributed by atoms with Gasteiger partial charge < -0.3 is 11.1 Å². The van der Waals surface area contributed by atoms with Gasteiger partial charge in [-0.2, -0.15) is 8.42 Å². The van der Waals surface area contributed by atoms with Gasteiger partial charge in [0.2, 0.25) is 11.8 Å². The third kappa shape index (κ3) is 5.10. The highest BCUT2D eigenvalue weighted by Gasteiger charge is 2.40. The molecule has 0 aliphatic carbocycles. The molecule has 1 aromatic rings. The molecule has 27 heavy (non-hydrogen) atoms. The van der Waals surface area contributed by atoms with Gasteiger partial charge in [0.05, 0.1) is 9.26 Å². The Hall–Kier alpha value is -2.33. The van der Waals surface area contributed by atoms with Crippen molar-refractivity contribution in [2.75, 3.05) is 13.1 Å². The van der Waals surface area contributed by atoms with Gasteiger partial charge in [-0.3, -0.25) is 14.4 Å². The van der Waals surface area contributed by atoms with Gasteiger partial charge in [-0.15, -0.1) is 0 Å². The number of carbonyl (C=O) groups excluding carboxylic acids is 3. The van der Waals surface area contributed by atoms with E-state index in [2.05, 4.69) is 10.3 Å². The van der Waals surface area contributed by atoms with Crippen LogP contribution in [0.1, 0.15) is 35.3 Å². The summed E-state index contributed by atoms with van der Waals surface area (Å²) < 4.78 is 43.2. The van der Waals surface area contributed by atoms with Crippen LogP contribution in [0.5, 0.6) is 0 Å². The van der Waals surface area contributed by atoms with Gasteiger partial charge in [0.1, 0.15) is 6.02 Å². The van der Waals surface area contributed by atoms with E-state index >= 15 is 0 Å². The Morgan fingerprint density at radius 2 is 2.26 bits per heavy atom. The van der Waals surface area contributed by atoms with Crippen LogP contribution in [0.2, 0.25) is 0 Å². The molecule has 9 nitrogen and oxygen atoms in total. The van der Waals surface area contributed by atoms with Crippen LogP contribution >= 0.6 is 0 Å². The summed E-state index contributed by atoms with van der Waals surface area (Å²) in [6.45, 7) is 0.170. The van der Waals surface area contributed by atoms with Crippen molar-refractivity contribution in [3.63, 3.8) is 0 Å². The molecule has 2 heterocycles. The van der Waals surface area contributed by atoms with Crippen molar-refractivity contribution in [2.24, 2.45) is 11.7 Å². The normalized spacial score (nSPS) is 25.7. The highest BCUT2D eigenvalue weighted by molar-refractivity contribution is 7.89. The number of pyridine rings is 1. The molecule has 1 aliphatic heterocycles. The number of carbonyl (C=O) groups is 3. The van der Waals surface area contributed by atoms with Crippen LogP contribution in [-0.4, -0.2) is 54.4 Å². The van der Waals surface area contributed by atoms with E-state index in [4.69, 9.17) is 8.48 Å². The molecule has 0 spiro atoms. The molecule has 1 aromatic heterocycles. The summed E-state index contributed by atoms with van der Waals surface area (Å²) in [4.78, 5) is 40.7. The fraction of sp³-hybridized carbons (Fsp3) is 0.529. The van der Waals surface area contributed by atoms with E-state index in [0.717, 1.165) is 6.07 Å². The fourth-order valence-electron chi connectivity index (χ4n) is 2.54. The van der Waals surface area contributed by atoms with E-state index < -0.39 is 57.5 Å². The lowest BCUT2D eigenvalue weighted by molar-refractivity contribution is -0.134. The summed E-state index contributed by atoms with van der Waals surface area (Å²) in [5, 5.41) is 2.10. The minimum Gasteiger partial charge on any atom is -0.369 e. The predicted octanol–water partition coefficient (Wildman–Crippen LogP) is -0.178. The molecule has 0 bridgehead atoms. The van der Waals surface area contributed by atoms with Crippen LogP contribution in [0, 0.1) is 5.92 Å². The zero-order chi connectivity index (χ0) is 21.8. The maximum absolute atomic E-state index is 13.2. The fourth-order valence-corrected chi connectivity index (χ4v) is 4.00. The van der Waals surface area contributed by atoms with Crippen molar-refractivity contribution in [1.82, 2.24) is 14.6 Å². The Morgan fingerprint density at radius 3 is 2.89 bits per heavy atom. The quantitative estimate of drug-likeness (QED) is 0.649. The number of nitrogens with two attached hydrogens (primary N) is 1. The first-order chi connectivity index (χ1) is 13.5. The smallest absolute Gasteiger partial charge is 0.284 e. The van der Waals surface area contributed by atoms with Crippen molar-refractivity contribution in [2.45, 2.75) is 43.7 Å². The standard InChI is InChI=1S/C17H24N4O5S/c1-12(17(18)24)7-8-16(23)21(13-5-4-9-19-11-14(13)22)27(25,26)15-6-2-3-10-20-15/h2-3,6,10,12-13,19H,4-5,7-9,11H2,1H3,(H2,18,24)/t12?,13-/m0/s1/i11D,13D/t11?,12?,13-. The van der Waals surface area contributed by atoms with Crippen LogP contribution < -0.4 is 11.1 Å². The molecule has 2 rings (SSSR count). The number of ketones is 1. The first-order valence-corrected chi connectivity index (χ1v) is 9.94. The Bertz CT molecular complexity index is 883. The number of hydrogen-bond donors (Lipinski definition) is 2. The van der Waals surface area contributed by atoms with Crippen molar-refractivity contribution in [3.8, 4) is 0 Å². The highest BCUT2D eigenvalue weighted by atomic mass is 32.2. The van der Waals surface area contributed by atoms with E-state index in [9.17, 15) is 22.8 Å². The molecule has 3 N–H and O–H groups in total. The minimum atomic E-state index is -4.66. The lowest BCUT2D eigenvalue weighted by Crippen LogP contribution is -2.49. The molecule has 3 atom stereocenters. The number of sulfonamides is 1. The first-order valence-electron chi connectivity index (χ1n) is 9.58. The summed E-state index contributed by atoms with van der Waals surface area (Å²) in [7, 11) is -4.66. The van der Waals surface area contributed by atoms with Gasteiger partial charge in [-0.1, -0.05) is 13.0 Å². The summed E-state index contributed by atoms with van der Waals surface area (Å²) in [6.07, 6.45) is 0.696. The van der Waals surface area contributed by atoms with Gasteiger partial charge in [0, 0.05) is 18.5 Å². The zero-order valence-corrected chi connectivity index (χ0v) is 15.7. The molecule has 148 valence electrons. The number of nitrogens with zero attached hydrogens (tertiary/aromatic N) is 2. The van der Waals surface area contributed by atoms with Gasteiger partial charge in [-0.25, -0.2) is 9.29 Å². The van der Waals surface area contributed by atoms with Gasteiger partial charge in [-0.05, 0) is 37.9 Å². The van der Waals surface area contributed by atoms with Crippen LogP contribution in [0.3, 0.4) is 0 Å². The Morgan fingerprint density at radius 1 is 1.52 bits per heavy atom. The molecule has 0 aromatic carbocycles. The minimum absolute atomic E-state index is 0.0464. The molecular weight excluding hydrogens is 372 g/mol. The number of amides is 2. The number of nitrogens with one attached hydrogen (secondary N) is 1. The summed E-state index contributed by atoms with van der Waals surface area (Å²) in [5.41, 5.74) is 5.19. The van der Waals surface area contributed by atoms with E-state index in [-0.39, 0.29) is 30.1 Å². The van der Waals surface area contributed by atoms with Gasteiger partial charge >= 0.3 is 0 Å². The van der Waals surface area contributed by atoms with Gasteiger partial charge in [0.25, 0.3) is 10.0 Å². The van der Waals surface area contributed by atoms with E-state index in [0.29, 0.717) is 0 Å². The molecular formula is C17H24N4O5S. The van der Waals surface area contributed by atoms with Crippen molar-refractivity contribution in [1.29, 1.82) is 0 Å². The Labute approximate surface area is 161 Å². The summed E-state index contributed by atoms with van der Waals surface area (Å²) >= 11 is 0.